The van der Waals surface area contributed by atoms with Crippen LogP contribution in [0.3, 0.4) is 0 Å². The van der Waals surface area contributed by atoms with Crippen LogP contribution >= 0.6 is 0 Å². The first-order valence-electron chi connectivity index (χ1n) is 5.43. The van der Waals surface area contributed by atoms with Crippen molar-refractivity contribution in [1.29, 1.82) is 0 Å². The average Bonchev–Trinajstić information content (AvgIpc) is 2.44. The Balaban J connectivity index is 2.47. The molecule has 1 heterocycles. The van der Waals surface area contributed by atoms with E-state index in [2.05, 4.69) is 10.4 Å². The van der Waals surface area contributed by atoms with Crippen LogP contribution in [0, 0.1) is 17.5 Å². The van der Waals surface area contributed by atoms with Crippen LogP contribution < -0.4 is 16.0 Å². The Labute approximate surface area is 117 Å². The van der Waals surface area contributed by atoms with Crippen molar-refractivity contribution in [2.24, 2.45) is 5.84 Å². The maximum absolute atomic E-state index is 13.5. The molecule has 0 amide bonds. The molecule has 0 fully saturated rings. The Kier molecular flexibility index (Phi) is 4.00. The second-order valence-electron chi connectivity index (χ2n) is 3.87. The minimum Gasteiger partial charge on any atom is -0.323 e. The van der Waals surface area contributed by atoms with Gasteiger partial charge in [-0.2, -0.15) is 0 Å². The van der Waals surface area contributed by atoms with Crippen molar-refractivity contribution >= 4 is 21.4 Å². The lowest BCUT2D eigenvalue weighted by molar-refractivity contribution is 0.498. The van der Waals surface area contributed by atoms with Gasteiger partial charge in [-0.3, -0.25) is 15.5 Å². The van der Waals surface area contributed by atoms with Gasteiger partial charge in [0.25, 0.3) is 10.0 Å². The molecule has 0 aliphatic heterocycles. The summed E-state index contributed by atoms with van der Waals surface area (Å²) in [6.07, 6.45) is 2.22. The van der Waals surface area contributed by atoms with Gasteiger partial charge in [0.05, 0.1) is 11.4 Å². The predicted molar refractivity (Wildman–Crippen MR) is 69.2 cm³/mol. The minimum atomic E-state index is -4.34. The molecule has 0 aliphatic rings. The van der Waals surface area contributed by atoms with E-state index in [-0.39, 0.29) is 5.69 Å². The molecular weight excluding hydrogens is 309 g/mol. The standard InChI is InChI=1S/C11H9F3N4O2S/c12-6-3-7(13)11(14)9(4-6)18-21(19,20)10-5-16-2-1-8(10)17-15/h1-5,18H,15H2,(H,16,17). The number of benzene rings is 1. The normalized spacial score (nSPS) is 11.2. The van der Waals surface area contributed by atoms with E-state index < -0.39 is 38.1 Å². The van der Waals surface area contributed by atoms with E-state index >= 15 is 0 Å². The van der Waals surface area contributed by atoms with Crippen molar-refractivity contribution in [3.8, 4) is 0 Å². The predicted octanol–water partition coefficient (Wildman–Crippen LogP) is 1.59. The molecule has 0 saturated carbocycles. The molecule has 21 heavy (non-hydrogen) atoms. The molecule has 1 aromatic carbocycles. The number of nitrogens with zero attached hydrogens (tertiary/aromatic N) is 1. The van der Waals surface area contributed by atoms with Gasteiger partial charge in [-0.1, -0.05) is 0 Å². The lowest BCUT2D eigenvalue weighted by Crippen LogP contribution is -2.18. The van der Waals surface area contributed by atoms with E-state index in [1.165, 1.54) is 12.3 Å². The number of hydrogen-bond acceptors (Lipinski definition) is 5. The molecule has 112 valence electrons. The summed E-state index contributed by atoms with van der Waals surface area (Å²) in [4.78, 5) is 3.20. The summed E-state index contributed by atoms with van der Waals surface area (Å²) in [5, 5.41) is 0. The van der Waals surface area contributed by atoms with Crippen molar-refractivity contribution in [3.05, 3.63) is 48.0 Å². The first-order chi connectivity index (χ1) is 9.85. The molecule has 1 aromatic heterocycles. The van der Waals surface area contributed by atoms with Gasteiger partial charge in [0, 0.05) is 24.5 Å². The second kappa shape index (κ2) is 5.58. The molecule has 4 N–H and O–H groups in total. The molecule has 10 heteroatoms. The lowest BCUT2D eigenvalue weighted by atomic mass is 10.3. The zero-order valence-electron chi connectivity index (χ0n) is 10.3. The number of halogens is 3. The largest absolute Gasteiger partial charge is 0.323 e. The Bertz CT molecular complexity index is 783. The minimum absolute atomic E-state index is 0.0187. The third-order valence-corrected chi connectivity index (χ3v) is 3.86. The SMILES string of the molecule is NNc1ccncc1S(=O)(=O)Nc1cc(F)cc(F)c1F. The lowest BCUT2D eigenvalue weighted by Gasteiger charge is -2.12. The van der Waals surface area contributed by atoms with Crippen LogP contribution in [-0.2, 0) is 10.0 Å². The number of hydrogen-bond donors (Lipinski definition) is 3. The number of anilines is 2. The molecule has 0 spiro atoms. The van der Waals surface area contributed by atoms with Gasteiger partial charge < -0.3 is 5.43 Å². The molecule has 0 bridgehead atoms. The number of hydrazine groups is 1. The Morgan fingerprint density at radius 3 is 2.52 bits per heavy atom. The molecule has 2 rings (SSSR count). The number of sulfonamides is 1. The third kappa shape index (κ3) is 3.06. The third-order valence-electron chi connectivity index (χ3n) is 2.47. The maximum atomic E-state index is 13.5. The number of nitrogens with one attached hydrogen (secondary N) is 2. The maximum Gasteiger partial charge on any atom is 0.265 e. The highest BCUT2D eigenvalue weighted by Gasteiger charge is 2.22. The van der Waals surface area contributed by atoms with E-state index in [0.29, 0.717) is 12.1 Å². The van der Waals surface area contributed by atoms with Gasteiger partial charge in [-0.05, 0) is 6.07 Å². The number of pyridine rings is 1. The summed E-state index contributed by atoms with van der Waals surface area (Å²) in [5.41, 5.74) is 1.24. The Hall–Kier alpha value is -2.33. The number of nitrogen functional groups attached to an aromatic ring is 1. The number of aromatic nitrogens is 1. The fourth-order valence-electron chi connectivity index (χ4n) is 1.54. The molecule has 2 aromatic rings. The highest BCUT2D eigenvalue weighted by atomic mass is 32.2. The molecule has 0 radical (unpaired) electrons. The monoisotopic (exact) mass is 318 g/mol. The van der Waals surface area contributed by atoms with Crippen LogP contribution in [0.15, 0.2) is 35.5 Å². The summed E-state index contributed by atoms with van der Waals surface area (Å²) >= 11 is 0. The van der Waals surface area contributed by atoms with Crippen LogP contribution in [-0.4, -0.2) is 13.4 Å². The Morgan fingerprint density at radius 2 is 1.86 bits per heavy atom. The highest BCUT2D eigenvalue weighted by Crippen LogP contribution is 2.25. The van der Waals surface area contributed by atoms with E-state index in [0.717, 1.165) is 6.20 Å². The van der Waals surface area contributed by atoms with E-state index in [1.54, 1.807) is 4.72 Å². The van der Waals surface area contributed by atoms with E-state index in [4.69, 9.17) is 5.84 Å². The number of rotatable bonds is 4. The molecule has 0 unspecified atom stereocenters. The topological polar surface area (TPSA) is 97.1 Å². The summed E-state index contributed by atoms with van der Waals surface area (Å²) in [5.74, 6) is 0.985. The van der Waals surface area contributed by atoms with Crippen molar-refractivity contribution in [2.45, 2.75) is 4.90 Å². The first-order valence-corrected chi connectivity index (χ1v) is 6.91. The molecule has 0 atom stereocenters. The first kappa shape index (κ1) is 15.1. The summed E-state index contributed by atoms with van der Waals surface area (Å²) in [6.45, 7) is 0. The zero-order valence-corrected chi connectivity index (χ0v) is 11.1. The highest BCUT2D eigenvalue weighted by molar-refractivity contribution is 7.92. The quantitative estimate of drug-likeness (QED) is 0.452. The van der Waals surface area contributed by atoms with Crippen LogP contribution in [0.25, 0.3) is 0 Å². The van der Waals surface area contributed by atoms with Crippen molar-refractivity contribution < 1.29 is 21.6 Å². The number of nitrogens with two attached hydrogens (primary N) is 1. The fourth-order valence-corrected chi connectivity index (χ4v) is 2.71. The molecular formula is C11H9F3N4O2S. The molecule has 0 aliphatic carbocycles. The fraction of sp³-hybridized carbons (Fsp3) is 0. The smallest absolute Gasteiger partial charge is 0.265 e. The zero-order chi connectivity index (χ0) is 15.6. The second-order valence-corrected chi connectivity index (χ2v) is 5.52. The van der Waals surface area contributed by atoms with Crippen LogP contribution in [0.5, 0.6) is 0 Å². The summed E-state index contributed by atoms with van der Waals surface area (Å²) in [7, 11) is -4.34. The van der Waals surface area contributed by atoms with Crippen molar-refractivity contribution in [3.63, 3.8) is 0 Å². The van der Waals surface area contributed by atoms with Gasteiger partial charge in [-0.25, -0.2) is 21.6 Å². The summed E-state index contributed by atoms with van der Waals surface area (Å²) < 4.78 is 65.5. The average molecular weight is 318 g/mol. The molecule has 6 nitrogen and oxygen atoms in total. The summed E-state index contributed by atoms with van der Waals surface area (Å²) in [6, 6.07) is 2.07. The van der Waals surface area contributed by atoms with E-state index in [9.17, 15) is 21.6 Å². The van der Waals surface area contributed by atoms with Crippen LogP contribution in [0.2, 0.25) is 0 Å². The Morgan fingerprint density at radius 1 is 1.14 bits per heavy atom. The van der Waals surface area contributed by atoms with Gasteiger partial charge in [0.15, 0.2) is 11.6 Å². The van der Waals surface area contributed by atoms with Crippen molar-refractivity contribution in [2.75, 3.05) is 10.1 Å². The van der Waals surface area contributed by atoms with Gasteiger partial charge in [0.1, 0.15) is 10.7 Å². The van der Waals surface area contributed by atoms with Crippen molar-refractivity contribution in [1.82, 2.24) is 4.98 Å². The molecule has 0 saturated heterocycles. The van der Waals surface area contributed by atoms with Crippen LogP contribution in [0.1, 0.15) is 0 Å². The van der Waals surface area contributed by atoms with Crippen LogP contribution in [0.4, 0.5) is 24.5 Å². The van der Waals surface area contributed by atoms with Gasteiger partial charge in [0.2, 0.25) is 0 Å². The van der Waals surface area contributed by atoms with Gasteiger partial charge >= 0.3 is 0 Å². The van der Waals surface area contributed by atoms with E-state index in [1.807, 2.05) is 0 Å². The van der Waals surface area contributed by atoms with Gasteiger partial charge in [-0.15, -0.1) is 0 Å².